The Kier molecular flexibility index (Phi) is 5.03. The zero-order chi connectivity index (χ0) is 15.3. The summed E-state index contributed by atoms with van der Waals surface area (Å²) in [5.41, 5.74) is 4.07. The summed E-state index contributed by atoms with van der Waals surface area (Å²) in [4.78, 5) is 25.1. The van der Waals surface area contributed by atoms with E-state index in [2.05, 4.69) is 10.3 Å². The minimum absolute atomic E-state index is 0.00662. The molecule has 0 bridgehead atoms. The molecule has 9 heteroatoms. The average molecular weight is 291 g/mol. The number of carbonyl (C=O) groups is 2. The van der Waals surface area contributed by atoms with Crippen molar-refractivity contribution in [1.29, 1.82) is 0 Å². The van der Waals surface area contributed by atoms with Gasteiger partial charge in [0.2, 0.25) is 0 Å². The van der Waals surface area contributed by atoms with Gasteiger partial charge >= 0.3 is 12.1 Å². The smallest absolute Gasteiger partial charge is 0.433 e. The number of hydrogen-bond donors (Lipinski definition) is 3. The van der Waals surface area contributed by atoms with Crippen molar-refractivity contribution in [3.63, 3.8) is 0 Å². The lowest BCUT2D eigenvalue weighted by Crippen LogP contribution is -2.35. The molecular formula is C11H12F3N3O3. The molecule has 1 aromatic rings. The van der Waals surface area contributed by atoms with Crippen LogP contribution in [0.4, 0.5) is 13.2 Å². The number of carboxylic acids is 1. The lowest BCUT2D eigenvalue weighted by Gasteiger charge is -2.09. The van der Waals surface area contributed by atoms with E-state index < -0.39 is 29.8 Å². The quantitative estimate of drug-likeness (QED) is 0.738. The monoisotopic (exact) mass is 291 g/mol. The van der Waals surface area contributed by atoms with Crippen LogP contribution in [-0.4, -0.2) is 34.6 Å². The highest BCUT2D eigenvalue weighted by atomic mass is 19.4. The first-order valence-corrected chi connectivity index (χ1v) is 5.51. The highest BCUT2D eigenvalue weighted by Crippen LogP contribution is 2.27. The van der Waals surface area contributed by atoms with Crippen molar-refractivity contribution in [3.8, 4) is 0 Å². The van der Waals surface area contributed by atoms with Crippen molar-refractivity contribution in [1.82, 2.24) is 10.3 Å². The molecule has 4 N–H and O–H groups in total. The van der Waals surface area contributed by atoms with E-state index in [1.807, 2.05) is 0 Å². The van der Waals surface area contributed by atoms with Gasteiger partial charge in [0.25, 0.3) is 5.91 Å². The second-order valence-electron chi connectivity index (χ2n) is 3.92. The number of alkyl halides is 3. The number of pyridine rings is 1. The van der Waals surface area contributed by atoms with E-state index in [0.717, 1.165) is 12.3 Å². The molecule has 1 aromatic heterocycles. The molecule has 1 atom stereocenters. The molecule has 20 heavy (non-hydrogen) atoms. The first kappa shape index (κ1) is 15.9. The fraction of sp³-hybridized carbons (Fsp3) is 0.364. The molecule has 0 fully saturated rings. The summed E-state index contributed by atoms with van der Waals surface area (Å²) >= 11 is 0. The second-order valence-corrected chi connectivity index (χ2v) is 3.92. The largest absolute Gasteiger partial charge is 0.480 e. The van der Waals surface area contributed by atoms with Crippen LogP contribution in [0.2, 0.25) is 0 Å². The molecule has 0 aromatic carbocycles. The first-order valence-electron chi connectivity index (χ1n) is 5.51. The number of nitrogens with one attached hydrogen (secondary N) is 1. The van der Waals surface area contributed by atoms with Crippen LogP contribution < -0.4 is 11.1 Å². The molecule has 0 aliphatic heterocycles. The Morgan fingerprint density at radius 3 is 2.50 bits per heavy atom. The Hall–Kier alpha value is -2.16. The van der Waals surface area contributed by atoms with Gasteiger partial charge in [-0.1, -0.05) is 0 Å². The molecule has 6 nitrogen and oxygen atoms in total. The SMILES string of the molecule is NC(CCNC(=O)c1ccc(C(F)(F)F)nc1)C(=O)O. The topological polar surface area (TPSA) is 105 Å². The van der Waals surface area contributed by atoms with Crippen molar-refractivity contribution in [2.45, 2.75) is 18.6 Å². The Morgan fingerprint density at radius 1 is 1.40 bits per heavy atom. The van der Waals surface area contributed by atoms with Gasteiger partial charge in [0.05, 0.1) is 5.56 Å². The number of rotatable bonds is 5. The van der Waals surface area contributed by atoms with Crippen molar-refractivity contribution >= 4 is 11.9 Å². The van der Waals surface area contributed by atoms with Crippen molar-refractivity contribution < 1.29 is 27.9 Å². The van der Waals surface area contributed by atoms with Gasteiger partial charge in [0.15, 0.2) is 0 Å². The van der Waals surface area contributed by atoms with Gasteiger partial charge in [0, 0.05) is 12.7 Å². The van der Waals surface area contributed by atoms with Crippen LogP contribution in [0.5, 0.6) is 0 Å². The number of amides is 1. The lowest BCUT2D eigenvalue weighted by atomic mass is 10.2. The predicted molar refractivity (Wildman–Crippen MR) is 61.8 cm³/mol. The number of carbonyl (C=O) groups excluding carboxylic acids is 1. The third-order valence-corrected chi connectivity index (χ3v) is 2.37. The van der Waals surface area contributed by atoms with Crippen LogP contribution in [0.1, 0.15) is 22.5 Å². The van der Waals surface area contributed by atoms with E-state index in [1.165, 1.54) is 0 Å². The van der Waals surface area contributed by atoms with Crippen LogP contribution >= 0.6 is 0 Å². The standard InChI is InChI=1S/C11H12F3N3O3/c12-11(13,14)8-2-1-6(5-17-8)9(18)16-4-3-7(15)10(19)20/h1-2,5,7H,3-4,15H2,(H,16,18)(H,19,20). The summed E-state index contributed by atoms with van der Waals surface area (Å²) in [5, 5.41) is 10.9. The summed E-state index contributed by atoms with van der Waals surface area (Å²) < 4.78 is 36.8. The summed E-state index contributed by atoms with van der Waals surface area (Å²) in [5.74, 6) is -1.85. The Balaban J connectivity index is 2.54. The molecule has 0 spiro atoms. The third kappa shape index (κ3) is 4.50. The van der Waals surface area contributed by atoms with E-state index in [1.54, 1.807) is 0 Å². The normalized spacial score (nSPS) is 12.8. The summed E-state index contributed by atoms with van der Waals surface area (Å²) in [6, 6.07) is 0.571. The van der Waals surface area contributed by atoms with Crippen LogP contribution in [0.15, 0.2) is 18.3 Å². The summed E-state index contributed by atoms with van der Waals surface area (Å²) in [7, 11) is 0. The van der Waals surface area contributed by atoms with E-state index in [4.69, 9.17) is 10.8 Å². The highest BCUT2D eigenvalue weighted by Gasteiger charge is 2.32. The maximum atomic E-state index is 12.3. The maximum absolute atomic E-state index is 12.3. The van der Waals surface area contributed by atoms with Crippen LogP contribution in [-0.2, 0) is 11.0 Å². The molecule has 0 aliphatic carbocycles. The number of nitrogens with two attached hydrogens (primary N) is 1. The molecule has 0 radical (unpaired) electrons. The van der Waals surface area contributed by atoms with Gasteiger partial charge in [0.1, 0.15) is 11.7 Å². The van der Waals surface area contributed by atoms with Crippen molar-refractivity contribution in [2.24, 2.45) is 5.73 Å². The Bertz CT molecular complexity index is 488. The van der Waals surface area contributed by atoms with E-state index in [-0.39, 0.29) is 18.5 Å². The molecule has 0 saturated heterocycles. The number of nitrogens with zero attached hydrogens (tertiary/aromatic N) is 1. The first-order chi connectivity index (χ1) is 9.21. The Morgan fingerprint density at radius 2 is 2.05 bits per heavy atom. The molecule has 110 valence electrons. The Labute approximate surface area is 111 Å². The molecule has 0 saturated carbocycles. The minimum Gasteiger partial charge on any atom is -0.480 e. The van der Waals surface area contributed by atoms with Crippen molar-refractivity contribution in [2.75, 3.05) is 6.54 Å². The van der Waals surface area contributed by atoms with Crippen molar-refractivity contribution in [3.05, 3.63) is 29.6 Å². The van der Waals surface area contributed by atoms with Gasteiger partial charge in [-0.25, -0.2) is 0 Å². The average Bonchev–Trinajstić information content (AvgIpc) is 2.37. The van der Waals surface area contributed by atoms with Gasteiger partial charge < -0.3 is 16.2 Å². The lowest BCUT2D eigenvalue weighted by molar-refractivity contribution is -0.141. The van der Waals surface area contributed by atoms with Crippen LogP contribution in [0.3, 0.4) is 0 Å². The van der Waals surface area contributed by atoms with Gasteiger partial charge in [-0.3, -0.25) is 14.6 Å². The molecule has 1 heterocycles. The number of carboxylic acid groups (broad SMARTS) is 1. The molecule has 1 amide bonds. The third-order valence-electron chi connectivity index (χ3n) is 2.37. The fourth-order valence-corrected chi connectivity index (χ4v) is 1.26. The maximum Gasteiger partial charge on any atom is 0.433 e. The second kappa shape index (κ2) is 6.33. The predicted octanol–water partition coefficient (Wildman–Crippen LogP) is 0.632. The van der Waals surface area contributed by atoms with E-state index >= 15 is 0 Å². The number of hydrogen-bond acceptors (Lipinski definition) is 4. The number of halogens is 3. The van der Waals surface area contributed by atoms with E-state index in [9.17, 15) is 22.8 Å². The molecular weight excluding hydrogens is 279 g/mol. The van der Waals surface area contributed by atoms with Crippen LogP contribution in [0, 0.1) is 0 Å². The summed E-state index contributed by atoms with van der Waals surface area (Å²) in [6.07, 6.45) is -3.76. The van der Waals surface area contributed by atoms with Gasteiger partial charge in [-0.05, 0) is 18.6 Å². The van der Waals surface area contributed by atoms with Gasteiger partial charge in [-0.15, -0.1) is 0 Å². The minimum atomic E-state index is -4.57. The molecule has 1 rings (SSSR count). The number of aliphatic carboxylic acids is 1. The zero-order valence-electron chi connectivity index (χ0n) is 10.1. The summed E-state index contributed by atoms with van der Waals surface area (Å²) in [6.45, 7) is -0.00662. The zero-order valence-corrected chi connectivity index (χ0v) is 10.1. The molecule has 1 unspecified atom stereocenters. The number of aromatic nitrogens is 1. The van der Waals surface area contributed by atoms with Gasteiger partial charge in [-0.2, -0.15) is 13.2 Å². The van der Waals surface area contributed by atoms with Crippen LogP contribution in [0.25, 0.3) is 0 Å². The fourth-order valence-electron chi connectivity index (χ4n) is 1.26. The van der Waals surface area contributed by atoms with E-state index in [0.29, 0.717) is 6.07 Å². The highest BCUT2D eigenvalue weighted by molar-refractivity contribution is 5.93. The molecule has 0 aliphatic rings.